The molecule has 0 heterocycles. The van der Waals surface area contributed by atoms with Crippen molar-refractivity contribution >= 4 is 23.6 Å². The van der Waals surface area contributed by atoms with Gasteiger partial charge in [-0.25, -0.2) is 4.79 Å². The second kappa shape index (κ2) is 15.9. The van der Waals surface area contributed by atoms with E-state index in [-0.39, 0.29) is 25.1 Å². The third kappa shape index (κ3) is 12.1. The molecule has 236 valence electrons. The van der Waals surface area contributed by atoms with E-state index in [0.29, 0.717) is 13.0 Å². The quantitative estimate of drug-likeness (QED) is 0.197. The molecule has 0 aliphatic heterocycles. The number of aryl methyl sites for hydroxylation is 1. The summed E-state index contributed by atoms with van der Waals surface area (Å²) in [4.78, 5) is 39.4. The largest absolute Gasteiger partial charge is 0.444 e. The Balaban J connectivity index is 1.75. The van der Waals surface area contributed by atoms with Crippen LogP contribution in [-0.4, -0.2) is 42.2 Å². The van der Waals surface area contributed by atoms with Crippen molar-refractivity contribution < 1.29 is 37.0 Å². The number of alkyl carbamates (subject to hydrolysis) is 1. The number of carbonyl (C=O) groups excluding carboxylic acids is 3. The average Bonchev–Trinajstić information content (AvgIpc) is 2.96. The highest BCUT2D eigenvalue weighted by Crippen LogP contribution is 2.30. The fourth-order valence-electron chi connectivity index (χ4n) is 4.18. The van der Waals surface area contributed by atoms with Crippen molar-refractivity contribution in [2.24, 2.45) is 0 Å². The molecule has 44 heavy (non-hydrogen) atoms. The smallest absolute Gasteiger partial charge is 0.416 e. The lowest BCUT2D eigenvalue weighted by molar-refractivity contribution is -0.137. The number of carbonyl (C=O) groups is 3. The summed E-state index contributed by atoms with van der Waals surface area (Å²) >= 11 is 0. The SMILES string of the molecule is CC(C)(C)OC(=O)N[C@@H](CCOCc1ccccc1)C(=O)N[C@@H](CCc1ccccc1)C(=O)Nc1cccc(C(F)(F)F)c1. The van der Waals surface area contributed by atoms with Crippen LogP contribution in [0.15, 0.2) is 84.9 Å². The van der Waals surface area contributed by atoms with Gasteiger partial charge in [-0.2, -0.15) is 13.2 Å². The minimum atomic E-state index is -4.59. The van der Waals surface area contributed by atoms with Gasteiger partial charge >= 0.3 is 12.3 Å². The topological polar surface area (TPSA) is 106 Å². The van der Waals surface area contributed by atoms with E-state index in [9.17, 15) is 27.6 Å². The standard InChI is InChI=1S/C33H38F3N3O5/c1-32(2,3)44-31(42)39-28(19-20-43-22-24-13-8-5-9-14-24)30(41)38-27(18-17-23-11-6-4-7-12-23)29(40)37-26-16-10-15-25(21-26)33(34,35)36/h4-16,21,27-28H,17-20,22H2,1-3H3,(H,37,40)(H,38,41)(H,39,42)/t27-,28-/m0/s1. The minimum absolute atomic E-state index is 0.0680. The van der Waals surface area contributed by atoms with Crippen molar-refractivity contribution in [3.05, 3.63) is 102 Å². The van der Waals surface area contributed by atoms with Crippen LogP contribution in [-0.2, 0) is 38.3 Å². The number of ether oxygens (including phenoxy) is 2. The van der Waals surface area contributed by atoms with E-state index >= 15 is 0 Å². The number of anilines is 1. The molecular weight excluding hydrogens is 575 g/mol. The Hall–Kier alpha value is -4.38. The lowest BCUT2D eigenvalue weighted by Gasteiger charge is -2.25. The normalized spacial score (nSPS) is 13.0. The maximum atomic E-state index is 13.5. The first-order valence-electron chi connectivity index (χ1n) is 14.2. The Bertz CT molecular complexity index is 1360. The van der Waals surface area contributed by atoms with Gasteiger partial charge in [-0.15, -0.1) is 0 Å². The number of amides is 3. The number of halogens is 3. The molecule has 0 saturated carbocycles. The molecule has 0 saturated heterocycles. The lowest BCUT2D eigenvalue weighted by Crippen LogP contribution is -2.53. The molecule has 3 aromatic carbocycles. The summed E-state index contributed by atoms with van der Waals surface area (Å²) in [6.07, 6.45) is -4.81. The Morgan fingerprint density at radius 1 is 0.750 bits per heavy atom. The molecule has 0 fully saturated rings. The van der Waals surface area contributed by atoms with Gasteiger partial charge in [-0.3, -0.25) is 9.59 Å². The number of hydrogen-bond donors (Lipinski definition) is 3. The van der Waals surface area contributed by atoms with Crippen molar-refractivity contribution in [3.63, 3.8) is 0 Å². The maximum Gasteiger partial charge on any atom is 0.416 e. The van der Waals surface area contributed by atoms with Crippen molar-refractivity contribution in [2.45, 2.75) is 70.5 Å². The summed E-state index contributed by atoms with van der Waals surface area (Å²) < 4.78 is 50.8. The van der Waals surface area contributed by atoms with Crippen LogP contribution in [0.1, 0.15) is 50.3 Å². The minimum Gasteiger partial charge on any atom is -0.444 e. The summed E-state index contributed by atoms with van der Waals surface area (Å²) in [7, 11) is 0. The molecule has 3 N–H and O–H groups in total. The van der Waals surface area contributed by atoms with Crippen molar-refractivity contribution in [1.82, 2.24) is 10.6 Å². The molecule has 0 bridgehead atoms. The predicted molar refractivity (Wildman–Crippen MR) is 161 cm³/mol. The summed E-state index contributed by atoms with van der Waals surface area (Å²) in [6, 6.07) is 20.6. The molecule has 0 aromatic heterocycles. The van der Waals surface area contributed by atoms with Gasteiger partial charge in [0.2, 0.25) is 11.8 Å². The van der Waals surface area contributed by atoms with Gasteiger partial charge < -0.3 is 25.4 Å². The lowest BCUT2D eigenvalue weighted by atomic mass is 10.0. The van der Waals surface area contributed by atoms with Crippen LogP contribution in [0, 0.1) is 0 Å². The Morgan fingerprint density at radius 2 is 1.36 bits per heavy atom. The van der Waals surface area contributed by atoms with E-state index in [1.807, 2.05) is 60.7 Å². The highest BCUT2D eigenvalue weighted by molar-refractivity contribution is 5.98. The third-order valence-corrected chi connectivity index (χ3v) is 6.32. The van der Waals surface area contributed by atoms with Crippen LogP contribution in [0.2, 0.25) is 0 Å². The molecule has 3 amide bonds. The second-order valence-corrected chi connectivity index (χ2v) is 11.2. The van der Waals surface area contributed by atoms with Crippen LogP contribution in [0.3, 0.4) is 0 Å². The number of benzene rings is 3. The highest BCUT2D eigenvalue weighted by atomic mass is 19.4. The van der Waals surface area contributed by atoms with E-state index in [1.165, 1.54) is 12.1 Å². The fourth-order valence-corrected chi connectivity index (χ4v) is 4.18. The number of rotatable bonds is 13. The number of nitrogens with one attached hydrogen (secondary N) is 3. The van der Waals surface area contributed by atoms with Crippen molar-refractivity contribution in [3.8, 4) is 0 Å². The van der Waals surface area contributed by atoms with Gasteiger partial charge in [0.15, 0.2) is 0 Å². The first kappa shape index (κ1) is 34.1. The molecule has 11 heteroatoms. The fraction of sp³-hybridized carbons (Fsp3) is 0.364. The molecule has 0 aliphatic rings. The van der Waals surface area contributed by atoms with Crippen molar-refractivity contribution in [1.29, 1.82) is 0 Å². The van der Waals surface area contributed by atoms with E-state index in [0.717, 1.165) is 23.3 Å². The maximum absolute atomic E-state index is 13.5. The molecule has 3 aromatic rings. The Morgan fingerprint density at radius 3 is 1.98 bits per heavy atom. The monoisotopic (exact) mass is 613 g/mol. The van der Waals surface area contributed by atoms with Crippen molar-refractivity contribution in [2.75, 3.05) is 11.9 Å². The second-order valence-electron chi connectivity index (χ2n) is 11.2. The first-order chi connectivity index (χ1) is 20.8. The Labute approximate surface area is 255 Å². The van der Waals surface area contributed by atoms with E-state index in [1.54, 1.807) is 20.8 Å². The summed E-state index contributed by atoms with van der Waals surface area (Å²) in [5.41, 5.74) is 0.0221. The van der Waals surface area contributed by atoms with Crippen LogP contribution in [0.5, 0.6) is 0 Å². The molecule has 2 atom stereocenters. The van der Waals surface area contributed by atoms with Gasteiger partial charge in [0, 0.05) is 18.7 Å². The highest BCUT2D eigenvalue weighted by Gasteiger charge is 2.31. The van der Waals surface area contributed by atoms with Crippen LogP contribution < -0.4 is 16.0 Å². The number of hydrogen-bond acceptors (Lipinski definition) is 5. The van der Waals surface area contributed by atoms with Gasteiger partial charge in [-0.05, 0) is 62.9 Å². The zero-order chi connectivity index (χ0) is 32.2. The van der Waals surface area contributed by atoms with Gasteiger partial charge in [0.05, 0.1) is 12.2 Å². The molecule has 0 unspecified atom stereocenters. The van der Waals surface area contributed by atoms with E-state index in [2.05, 4.69) is 16.0 Å². The number of alkyl halides is 3. The Kier molecular flexibility index (Phi) is 12.3. The molecular formula is C33H38F3N3O5. The average molecular weight is 614 g/mol. The van der Waals surface area contributed by atoms with Gasteiger partial charge in [-0.1, -0.05) is 66.7 Å². The summed E-state index contributed by atoms with van der Waals surface area (Å²) in [6.45, 7) is 5.45. The summed E-state index contributed by atoms with van der Waals surface area (Å²) in [5.74, 6) is -1.37. The van der Waals surface area contributed by atoms with E-state index in [4.69, 9.17) is 9.47 Å². The van der Waals surface area contributed by atoms with Gasteiger partial charge in [0.1, 0.15) is 17.7 Å². The van der Waals surface area contributed by atoms with E-state index < -0.39 is 47.3 Å². The van der Waals surface area contributed by atoms with Crippen LogP contribution in [0.4, 0.5) is 23.7 Å². The third-order valence-electron chi connectivity index (χ3n) is 6.32. The zero-order valence-electron chi connectivity index (χ0n) is 24.9. The molecule has 8 nitrogen and oxygen atoms in total. The molecule has 3 rings (SSSR count). The molecule has 0 radical (unpaired) electrons. The zero-order valence-corrected chi connectivity index (χ0v) is 24.9. The van der Waals surface area contributed by atoms with Crippen LogP contribution in [0.25, 0.3) is 0 Å². The molecule has 0 spiro atoms. The van der Waals surface area contributed by atoms with Crippen LogP contribution >= 0.6 is 0 Å². The predicted octanol–water partition coefficient (Wildman–Crippen LogP) is 6.26. The van der Waals surface area contributed by atoms with Gasteiger partial charge in [0.25, 0.3) is 0 Å². The summed E-state index contributed by atoms with van der Waals surface area (Å²) in [5, 5.41) is 7.72. The molecule has 0 aliphatic carbocycles. The first-order valence-corrected chi connectivity index (χ1v) is 14.2.